The average Bonchev–Trinajstić information content (AvgIpc) is 3.30. The molecule has 0 aliphatic rings. The lowest BCUT2D eigenvalue weighted by Crippen LogP contribution is -2.43. The number of rotatable bonds is 14. The quantitative estimate of drug-likeness (QED) is 0.358. The van der Waals surface area contributed by atoms with Crippen molar-refractivity contribution in [2.24, 2.45) is 0 Å². The SMILES string of the molecule is CCCCCCCCc1ccc(CCC(CS(=O)(=O)c2ncn[nH]2)NC(=O)OC(C)(C)C)cc1. The van der Waals surface area contributed by atoms with E-state index in [9.17, 15) is 13.2 Å². The lowest BCUT2D eigenvalue weighted by Gasteiger charge is -2.23. The second-order valence-electron chi connectivity index (χ2n) is 9.79. The van der Waals surface area contributed by atoms with Crippen molar-refractivity contribution in [1.29, 1.82) is 0 Å². The Morgan fingerprint density at radius 1 is 1.03 bits per heavy atom. The van der Waals surface area contributed by atoms with Crippen LogP contribution < -0.4 is 5.32 Å². The molecule has 34 heavy (non-hydrogen) atoms. The zero-order valence-corrected chi connectivity index (χ0v) is 21.8. The van der Waals surface area contributed by atoms with Gasteiger partial charge in [0.05, 0.1) is 5.75 Å². The highest BCUT2D eigenvalue weighted by Gasteiger charge is 2.27. The van der Waals surface area contributed by atoms with Crippen LogP contribution in [0.1, 0.15) is 83.8 Å². The maximum absolute atomic E-state index is 12.7. The molecule has 0 fully saturated rings. The molecule has 8 nitrogen and oxygen atoms in total. The fourth-order valence-corrected chi connectivity index (χ4v) is 5.02. The standard InChI is InChI=1S/C25H40N4O4S/c1-5-6-7-8-9-10-11-20-12-14-21(15-13-20)16-17-22(28-24(30)33-25(2,3)4)18-34(31,32)23-26-19-27-29-23/h12-15,19,22H,5-11,16-18H2,1-4H3,(H,28,30)(H,26,27,29). The molecule has 2 N–H and O–H groups in total. The van der Waals surface area contributed by atoms with Gasteiger partial charge in [-0.1, -0.05) is 63.3 Å². The number of nitrogens with zero attached hydrogens (tertiary/aromatic N) is 2. The first-order valence-electron chi connectivity index (χ1n) is 12.2. The Bertz CT molecular complexity index is 952. The highest BCUT2D eigenvalue weighted by atomic mass is 32.2. The van der Waals surface area contributed by atoms with Gasteiger partial charge in [0.25, 0.3) is 0 Å². The first-order valence-corrected chi connectivity index (χ1v) is 13.9. The highest BCUT2D eigenvalue weighted by Crippen LogP contribution is 2.15. The van der Waals surface area contributed by atoms with Gasteiger partial charge < -0.3 is 10.1 Å². The van der Waals surface area contributed by atoms with Crippen molar-refractivity contribution in [3.63, 3.8) is 0 Å². The van der Waals surface area contributed by atoms with Crippen LogP contribution in [0.5, 0.6) is 0 Å². The largest absolute Gasteiger partial charge is 0.444 e. The Kier molecular flexibility index (Phi) is 11.0. The molecule has 9 heteroatoms. The summed E-state index contributed by atoms with van der Waals surface area (Å²) in [4.78, 5) is 16.1. The predicted octanol–water partition coefficient (Wildman–Crippen LogP) is 5.01. The Balaban J connectivity index is 1.93. The van der Waals surface area contributed by atoms with Gasteiger partial charge >= 0.3 is 6.09 Å². The maximum atomic E-state index is 12.7. The molecule has 1 atom stereocenters. The molecule has 1 aromatic carbocycles. The summed E-state index contributed by atoms with van der Waals surface area (Å²) in [6.07, 6.45) is 10.3. The number of hydrogen-bond acceptors (Lipinski definition) is 6. The van der Waals surface area contributed by atoms with Crippen molar-refractivity contribution in [3.8, 4) is 0 Å². The summed E-state index contributed by atoms with van der Waals surface area (Å²) in [5.41, 5.74) is 1.74. The van der Waals surface area contributed by atoms with Crippen molar-refractivity contribution in [3.05, 3.63) is 41.7 Å². The fourth-order valence-electron chi connectivity index (χ4n) is 3.68. The van der Waals surface area contributed by atoms with Crippen LogP contribution in [-0.4, -0.2) is 47.1 Å². The van der Waals surface area contributed by atoms with Crippen LogP contribution in [0.25, 0.3) is 0 Å². The molecule has 2 rings (SSSR count). The number of aromatic amines is 1. The van der Waals surface area contributed by atoms with Gasteiger partial charge in [0.15, 0.2) is 0 Å². The lowest BCUT2D eigenvalue weighted by molar-refractivity contribution is 0.0507. The zero-order chi connectivity index (χ0) is 25.0. The molecule has 0 saturated carbocycles. The van der Waals surface area contributed by atoms with E-state index in [2.05, 4.69) is 51.7 Å². The number of H-pyrrole nitrogens is 1. The summed E-state index contributed by atoms with van der Waals surface area (Å²) >= 11 is 0. The van der Waals surface area contributed by atoms with Gasteiger partial charge in [-0.15, -0.1) is 0 Å². The van der Waals surface area contributed by atoms with E-state index in [0.29, 0.717) is 12.8 Å². The van der Waals surface area contributed by atoms with Crippen molar-refractivity contribution in [2.45, 2.75) is 102 Å². The lowest BCUT2D eigenvalue weighted by atomic mass is 10.0. The number of sulfone groups is 1. The second-order valence-corrected chi connectivity index (χ2v) is 11.7. The minimum atomic E-state index is -3.73. The number of aryl methyl sites for hydroxylation is 2. The molecule has 0 bridgehead atoms. The number of ether oxygens (including phenoxy) is 1. The van der Waals surface area contributed by atoms with Crippen LogP contribution >= 0.6 is 0 Å². The third kappa shape index (κ3) is 10.7. The molecule has 190 valence electrons. The van der Waals surface area contributed by atoms with E-state index in [1.54, 1.807) is 20.8 Å². The predicted molar refractivity (Wildman–Crippen MR) is 133 cm³/mol. The smallest absolute Gasteiger partial charge is 0.407 e. The summed E-state index contributed by atoms with van der Waals surface area (Å²) in [6, 6.07) is 7.82. The van der Waals surface area contributed by atoms with Crippen molar-refractivity contribution >= 4 is 15.9 Å². The Labute approximate surface area is 204 Å². The average molecular weight is 493 g/mol. The first-order chi connectivity index (χ1) is 16.1. The second kappa shape index (κ2) is 13.5. The van der Waals surface area contributed by atoms with Crippen LogP contribution in [0.2, 0.25) is 0 Å². The van der Waals surface area contributed by atoms with Crippen LogP contribution in [-0.2, 0) is 27.4 Å². The van der Waals surface area contributed by atoms with Crippen molar-refractivity contribution in [1.82, 2.24) is 20.5 Å². The number of carbonyl (C=O) groups is 1. The third-order valence-corrected chi connectivity index (χ3v) is 7.08. The number of amides is 1. The molecule has 1 heterocycles. The summed E-state index contributed by atoms with van der Waals surface area (Å²) in [6.45, 7) is 7.52. The van der Waals surface area contributed by atoms with Crippen LogP contribution in [0.3, 0.4) is 0 Å². The molecule has 2 aromatic rings. The molecule has 0 radical (unpaired) electrons. The van der Waals surface area contributed by atoms with Crippen molar-refractivity contribution in [2.75, 3.05) is 5.75 Å². The van der Waals surface area contributed by atoms with Crippen LogP contribution in [0.15, 0.2) is 35.7 Å². The molecule has 0 aliphatic carbocycles. The number of carbonyl (C=O) groups excluding carboxylic acids is 1. The number of benzene rings is 1. The van der Waals surface area contributed by atoms with Crippen LogP contribution in [0, 0.1) is 0 Å². The van der Waals surface area contributed by atoms with Gasteiger partial charge in [0, 0.05) is 6.04 Å². The fraction of sp³-hybridized carbons (Fsp3) is 0.640. The van der Waals surface area contributed by atoms with Gasteiger partial charge in [-0.3, -0.25) is 5.10 Å². The number of hydrogen-bond donors (Lipinski definition) is 2. The molecule has 1 amide bonds. The topological polar surface area (TPSA) is 114 Å². The number of unbranched alkanes of at least 4 members (excludes halogenated alkanes) is 5. The molecule has 1 unspecified atom stereocenters. The molecule has 0 saturated heterocycles. The van der Waals surface area contributed by atoms with Gasteiger partial charge in [0.2, 0.25) is 15.0 Å². The van der Waals surface area contributed by atoms with Crippen LogP contribution in [0.4, 0.5) is 4.79 Å². The molecular weight excluding hydrogens is 452 g/mol. The number of alkyl carbamates (subject to hydrolysis) is 1. The first kappa shape index (κ1) is 27.8. The van der Waals surface area contributed by atoms with Gasteiger partial charge in [0.1, 0.15) is 11.9 Å². The van der Waals surface area contributed by atoms with Crippen molar-refractivity contribution < 1.29 is 17.9 Å². The summed E-state index contributed by atoms with van der Waals surface area (Å²) in [5, 5.41) is 8.53. The van der Waals surface area contributed by atoms with E-state index in [1.807, 2.05) is 0 Å². The Hall–Kier alpha value is -2.42. The van der Waals surface area contributed by atoms with Gasteiger partial charge in [-0.25, -0.2) is 18.2 Å². The van der Waals surface area contributed by atoms with E-state index in [0.717, 1.165) is 18.3 Å². The van der Waals surface area contributed by atoms with E-state index in [-0.39, 0.29) is 10.9 Å². The Morgan fingerprint density at radius 2 is 1.65 bits per heavy atom. The Morgan fingerprint density at radius 3 is 2.24 bits per heavy atom. The molecular formula is C25H40N4O4S. The van der Waals surface area contributed by atoms with E-state index in [1.165, 1.54) is 44.1 Å². The monoisotopic (exact) mass is 492 g/mol. The van der Waals surface area contributed by atoms with E-state index in [4.69, 9.17) is 4.74 Å². The normalized spacial score (nSPS) is 12.9. The number of nitrogens with one attached hydrogen (secondary N) is 2. The van der Waals surface area contributed by atoms with E-state index >= 15 is 0 Å². The minimum absolute atomic E-state index is 0.206. The summed E-state index contributed by atoms with van der Waals surface area (Å²) in [7, 11) is -3.73. The summed E-state index contributed by atoms with van der Waals surface area (Å²) in [5.74, 6) is -0.294. The van der Waals surface area contributed by atoms with Gasteiger partial charge in [-0.2, -0.15) is 5.10 Å². The van der Waals surface area contributed by atoms with Gasteiger partial charge in [-0.05, 0) is 57.6 Å². The third-order valence-electron chi connectivity index (χ3n) is 5.45. The number of aromatic nitrogens is 3. The minimum Gasteiger partial charge on any atom is -0.444 e. The molecule has 0 aliphatic heterocycles. The van der Waals surface area contributed by atoms with E-state index < -0.39 is 27.6 Å². The maximum Gasteiger partial charge on any atom is 0.407 e. The zero-order valence-electron chi connectivity index (χ0n) is 21.0. The highest BCUT2D eigenvalue weighted by molar-refractivity contribution is 7.91. The summed E-state index contributed by atoms with van der Waals surface area (Å²) < 4.78 is 30.7. The molecule has 1 aromatic heterocycles. The molecule has 0 spiro atoms.